The monoisotopic (exact) mass is 439 g/mol. The zero-order valence-corrected chi connectivity index (χ0v) is 18.7. The summed E-state index contributed by atoms with van der Waals surface area (Å²) in [4.78, 5) is 29.9. The fourth-order valence-corrected chi connectivity index (χ4v) is 4.59. The number of H-pyrrole nitrogens is 1. The lowest BCUT2D eigenvalue weighted by atomic mass is 10.1. The number of fused-ring (bicyclic) bond motifs is 2. The first-order valence-electron chi connectivity index (χ1n) is 10.3. The highest BCUT2D eigenvalue weighted by Gasteiger charge is 2.19. The van der Waals surface area contributed by atoms with Crippen LogP contribution in [-0.4, -0.2) is 34.4 Å². The van der Waals surface area contributed by atoms with Crippen molar-refractivity contribution in [3.63, 3.8) is 0 Å². The van der Waals surface area contributed by atoms with Crippen LogP contribution in [0.5, 0.6) is 0 Å². The third kappa shape index (κ3) is 3.75. The van der Waals surface area contributed by atoms with Gasteiger partial charge in [0.25, 0.3) is 11.6 Å². The number of nitrogens with zero attached hydrogens (tertiary/aromatic N) is 4. The molecule has 2 aromatic heterocycles. The van der Waals surface area contributed by atoms with Crippen LogP contribution in [0.2, 0.25) is 0 Å². The zero-order valence-electron chi connectivity index (χ0n) is 17.8. The maximum Gasteiger partial charge on any atom is 0.273 e. The molecule has 0 aliphatic carbocycles. The predicted molar refractivity (Wildman–Crippen MR) is 129 cm³/mol. The molecule has 0 saturated heterocycles. The second kappa shape index (κ2) is 9.05. The minimum Gasteiger partial charge on any atom is -0.373 e. The zero-order chi connectivity index (χ0) is 22.7. The molecule has 158 valence electrons. The van der Waals surface area contributed by atoms with Gasteiger partial charge in [0.1, 0.15) is 5.01 Å². The van der Waals surface area contributed by atoms with Gasteiger partial charge in [-0.3, -0.25) is 4.79 Å². The number of benzene rings is 2. The highest BCUT2D eigenvalue weighted by molar-refractivity contribution is 7.19. The van der Waals surface area contributed by atoms with Gasteiger partial charge < -0.3 is 9.88 Å². The van der Waals surface area contributed by atoms with E-state index in [-0.39, 0.29) is 11.6 Å². The van der Waals surface area contributed by atoms with Crippen molar-refractivity contribution >= 4 is 49.6 Å². The van der Waals surface area contributed by atoms with E-state index in [0.29, 0.717) is 27.9 Å². The molecule has 1 amide bonds. The van der Waals surface area contributed by atoms with Crippen LogP contribution in [0.25, 0.3) is 42.1 Å². The Morgan fingerprint density at radius 1 is 1.06 bits per heavy atom. The molecule has 0 saturated carbocycles. The van der Waals surface area contributed by atoms with Crippen molar-refractivity contribution in [3.05, 3.63) is 87.1 Å². The largest absolute Gasteiger partial charge is 0.373 e. The Hall–Kier alpha value is -3.94. The second-order valence-electron chi connectivity index (χ2n) is 7.41. The standard InChI is InChI=1S/C25H21N5OS/c1-5-6-15-30(4)25(31)23(27-3)21-17-12-8-7-11-16(17)20(29-21)22(26-2)24-28-18-13-9-10-14-19(18)32-24/h7-14,29H,5-6,15H2,1,4H3/b22-20+,23-21+. The van der Waals surface area contributed by atoms with Gasteiger partial charge in [0.2, 0.25) is 5.70 Å². The Balaban J connectivity index is 2.03. The van der Waals surface area contributed by atoms with Gasteiger partial charge in [0.05, 0.1) is 34.1 Å². The van der Waals surface area contributed by atoms with Crippen LogP contribution < -0.4 is 10.7 Å². The van der Waals surface area contributed by atoms with Crippen LogP contribution in [0.4, 0.5) is 0 Å². The van der Waals surface area contributed by atoms with Crippen molar-refractivity contribution in [3.8, 4) is 0 Å². The summed E-state index contributed by atoms with van der Waals surface area (Å²) in [5.41, 5.74) is 1.25. The molecule has 0 spiro atoms. The number of aromatic nitrogens is 2. The minimum atomic E-state index is -0.323. The van der Waals surface area contributed by atoms with E-state index in [1.54, 1.807) is 11.9 Å². The van der Waals surface area contributed by atoms with Crippen LogP contribution >= 0.6 is 11.3 Å². The van der Waals surface area contributed by atoms with Crippen LogP contribution in [-0.2, 0) is 4.79 Å². The van der Waals surface area contributed by atoms with E-state index >= 15 is 0 Å². The Morgan fingerprint density at radius 2 is 1.75 bits per heavy atom. The van der Waals surface area contributed by atoms with Crippen molar-refractivity contribution < 1.29 is 4.79 Å². The van der Waals surface area contributed by atoms with Crippen molar-refractivity contribution in [1.29, 1.82) is 0 Å². The fraction of sp³-hybridized carbons (Fsp3) is 0.200. The molecule has 6 nitrogen and oxygen atoms in total. The van der Waals surface area contributed by atoms with Crippen LogP contribution in [0.1, 0.15) is 24.8 Å². The summed E-state index contributed by atoms with van der Waals surface area (Å²) in [6, 6.07) is 15.3. The Labute approximate surface area is 189 Å². The molecule has 0 bridgehead atoms. The maximum atomic E-state index is 13.0. The number of carbonyl (C=O) groups excluding carboxylic acids is 1. The van der Waals surface area contributed by atoms with Gasteiger partial charge in [-0.05, 0) is 29.3 Å². The third-order valence-electron chi connectivity index (χ3n) is 5.31. The van der Waals surface area contributed by atoms with Gasteiger partial charge in [-0.25, -0.2) is 14.7 Å². The summed E-state index contributed by atoms with van der Waals surface area (Å²) in [6.07, 6.45) is 1.84. The molecule has 1 N–H and O–H groups in total. The first-order chi connectivity index (χ1) is 15.6. The van der Waals surface area contributed by atoms with Gasteiger partial charge >= 0.3 is 0 Å². The molecule has 4 aromatic rings. The summed E-state index contributed by atoms with van der Waals surface area (Å²) >= 11 is 1.45. The number of likely N-dealkylation sites (N-methyl/N-ethyl adjacent to an activating group) is 1. The molecule has 7 heteroatoms. The number of para-hydroxylation sites is 1. The summed E-state index contributed by atoms with van der Waals surface area (Å²) in [5.74, 6) is -0.323. The predicted octanol–water partition coefficient (Wildman–Crippen LogP) is 4.14. The third-order valence-corrected chi connectivity index (χ3v) is 6.35. The molecule has 2 heterocycles. The van der Waals surface area contributed by atoms with Gasteiger partial charge in [-0.1, -0.05) is 49.7 Å². The van der Waals surface area contributed by atoms with Gasteiger partial charge in [0.15, 0.2) is 0 Å². The Bertz CT molecular complexity index is 1500. The topological polar surface area (TPSA) is 57.7 Å². The molecular weight excluding hydrogens is 418 g/mol. The number of thiazole rings is 1. The highest BCUT2D eigenvalue weighted by atomic mass is 32.1. The van der Waals surface area contributed by atoms with Crippen molar-refractivity contribution in [2.75, 3.05) is 13.6 Å². The normalized spacial score (nSPS) is 12.9. The maximum absolute atomic E-state index is 13.0. The minimum absolute atomic E-state index is 0.0275. The van der Waals surface area contributed by atoms with Crippen molar-refractivity contribution in [2.45, 2.75) is 19.8 Å². The molecule has 32 heavy (non-hydrogen) atoms. The van der Waals surface area contributed by atoms with E-state index < -0.39 is 0 Å². The molecule has 0 radical (unpaired) electrons. The average Bonchev–Trinajstić information content (AvgIpc) is 3.41. The molecule has 4 rings (SSSR count). The van der Waals surface area contributed by atoms with Gasteiger partial charge in [-0.2, -0.15) is 0 Å². The van der Waals surface area contributed by atoms with Crippen LogP contribution in [0.3, 0.4) is 0 Å². The number of rotatable bonds is 5. The lowest BCUT2D eigenvalue weighted by Crippen LogP contribution is -2.31. The first-order valence-corrected chi connectivity index (χ1v) is 11.1. The first kappa shape index (κ1) is 21.3. The molecule has 0 aliphatic heterocycles. The molecule has 0 fully saturated rings. The van der Waals surface area contributed by atoms with E-state index in [1.807, 2.05) is 48.5 Å². The lowest BCUT2D eigenvalue weighted by Gasteiger charge is -2.15. The second-order valence-corrected chi connectivity index (χ2v) is 8.44. The average molecular weight is 440 g/mol. The van der Waals surface area contributed by atoms with Crippen LogP contribution in [0, 0.1) is 13.1 Å². The molecule has 0 atom stereocenters. The van der Waals surface area contributed by atoms with Crippen molar-refractivity contribution in [2.24, 2.45) is 0 Å². The number of unbranched alkanes of at least 4 members (excludes halogenated alkanes) is 1. The molecular formula is C25H21N5OS. The van der Waals surface area contributed by atoms with Gasteiger partial charge in [0, 0.05) is 13.6 Å². The SMILES string of the molecule is [C-]#[N+]/C(C(=O)N(C)CCCC)=c1/[nH]/c(=C(/[N+]#[C-])c2nc3ccccc3s2)c2ccccc12. The van der Waals surface area contributed by atoms with E-state index in [9.17, 15) is 4.79 Å². The molecule has 0 unspecified atom stereocenters. The lowest BCUT2D eigenvalue weighted by molar-refractivity contribution is -0.123. The van der Waals surface area contributed by atoms with E-state index in [2.05, 4.69) is 26.6 Å². The smallest absolute Gasteiger partial charge is 0.273 e. The highest BCUT2D eigenvalue weighted by Crippen LogP contribution is 2.26. The number of aromatic amines is 1. The molecule has 2 aromatic carbocycles. The summed E-state index contributed by atoms with van der Waals surface area (Å²) in [5, 5.41) is 3.16. The number of nitrogens with one attached hydrogen (secondary N) is 1. The van der Waals surface area contributed by atoms with E-state index in [0.717, 1.165) is 33.8 Å². The number of carbonyl (C=O) groups is 1. The van der Waals surface area contributed by atoms with Crippen molar-refractivity contribution in [1.82, 2.24) is 14.9 Å². The summed E-state index contributed by atoms with van der Waals surface area (Å²) in [7, 11) is 1.72. The quantitative estimate of drug-likeness (QED) is 0.475. The summed E-state index contributed by atoms with van der Waals surface area (Å²) in [6.45, 7) is 18.2. The number of hydrogen-bond acceptors (Lipinski definition) is 3. The summed E-state index contributed by atoms with van der Waals surface area (Å²) < 4.78 is 1.00. The Kier molecular flexibility index (Phi) is 6.02. The Morgan fingerprint density at radius 3 is 2.41 bits per heavy atom. The van der Waals surface area contributed by atoms with Crippen LogP contribution in [0.15, 0.2) is 48.5 Å². The fourth-order valence-electron chi connectivity index (χ4n) is 3.62. The van der Waals surface area contributed by atoms with Gasteiger partial charge in [-0.15, -0.1) is 11.3 Å². The van der Waals surface area contributed by atoms with E-state index in [1.165, 1.54) is 11.3 Å². The number of hydrogen-bond donors (Lipinski definition) is 1. The molecule has 0 aliphatic rings. The van der Waals surface area contributed by atoms with E-state index in [4.69, 9.17) is 13.1 Å². The number of amides is 1.